The highest BCUT2D eigenvalue weighted by Crippen LogP contribution is 2.04. The number of carbonyl (C=O) groups is 4. The van der Waals surface area contributed by atoms with Gasteiger partial charge in [0, 0.05) is 0 Å². The van der Waals surface area contributed by atoms with Gasteiger partial charge in [0.1, 0.15) is 19.3 Å². The molecule has 0 aromatic heterocycles. The van der Waals surface area contributed by atoms with Crippen LogP contribution in [0.2, 0.25) is 0 Å². The van der Waals surface area contributed by atoms with E-state index < -0.39 is 30.0 Å². The lowest BCUT2D eigenvalue weighted by Crippen LogP contribution is -2.47. The number of nitrogens with one attached hydrogen (secondary N) is 2. The second-order valence-corrected chi connectivity index (χ2v) is 8.92. The van der Waals surface area contributed by atoms with Crippen molar-refractivity contribution < 1.29 is 28.7 Å². The Morgan fingerprint density at radius 2 is 1.10 bits per heavy atom. The minimum absolute atomic E-state index is 0.0771. The van der Waals surface area contributed by atoms with Crippen molar-refractivity contribution in [3.63, 3.8) is 0 Å². The van der Waals surface area contributed by atoms with Crippen molar-refractivity contribution in [2.24, 2.45) is 17.4 Å². The van der Waals surface area contributed by atoms with Crippen LogP contribution in [0.25, 0.3) is 0 Å². The Labute approximate surface area is 252 Å². The zero-order chi connectivity index (χ0) is 32.8. The van der Waals surface area contributed by atoms with Gasteiger partial charge < -0.3 is 31.6 Å². The topological polar surface area (TPSA) is 163 Å². The van der Waals surface area contributed by atoms with Crippen LogP contribution < -0.4 is 22.1 Å². The molecular formula is C32H54N4O6. The van der Waals surface area contributed by atoms with Gasteiger partial charge in [0.2, 0.25) is 11.8 Å². The van der Waals surface area contributed by atoms with Gasteiger partial charge in [-0.05, 0) is 17.0 Å². The predicted molar refractivity (Wildman–Crippen MR) is 169 cm³/mol. The molecule has 0 aliphatic rings. The summed E-state index contributed by atoms with van der Waals surface area (Å²) >= 11 is 0. The molecule has 0 spiro atoms. The Kier molecular flexibility index (Phi) is 30.2. The van der Waals surface area contributed by atoms with Crippen LogP contribution in [0.5, 0.6) is 0 Å². The summed E-state index contributed by atoms with van der Waals surface area (Å²) in [5.74, 6) is -1.25. The first-order chi connectivity index (χ1) is 20.0. The number of ether oxygens (including phenoxy) is 2. The van der Waals surface area contributed by atoms with E-state index in [-0.39, 0.29) is 25.7 Å². The number of amides is 4. The van der Waals surface area contributed by atoms with E-state index in [1.54, 1.807) is 13.8 Å². The largest absolute Gasteiger partial charge is 0.445 e. The quantitative estimate of drug-likeness (QED) is 0.262. The number of nitrogens with two attached hydrogens (primary N) is 2. The van der Waals surface area contributed by atoms with Gasteiger partial charge in [-0.15, -0.1) is 0 Å². The van der Waals surface area contributed by atoms with Crippen molar-refractivity contribution in [2.75, 3.05) is 6.54 Å². The Morgan fingerprint density at radius 3 is 1.40 bits per heavy atom. The molecule has 42 heavy (non-hydrogen) atoms. The lowest BCUT2D eigenvalue weighted by molar-refractivity contribution is -0.121. The number of hydrogen-bond acceptors (Lipinski definition) is 6. The zero-order valence-electron chi connectivity index (χ0n) is 26.8. The molecule has 10 nitrogen and oxygen atoms in total. The minimum Gasteiger partial charge on any atom is -0.445 e. The molecule has 10 heteroatoms. The third-order valence-corrected chi connectivity index (χ3v) is 4.58. The summed E-state index contributed by atoms with van der Waals surface area (Å²) in [7, 11) is 0. The second-order valence-electron chi connectivity index (χ2n) is 8.92. The van der Waals surface area contributed by atoms with Gasteiger partial charge in [0.25, 0.3) is 0 Å². The van der Waals surface area contributed by atoms with Crippen LogP contribution >= 0.6 is 0 Å². The number of unbranched alkanes of at least 4 members (excludes halogenated alkanes) is 1. The van der Waals surface area contributed by atoms with Crippen molar-refractivity contribution in [1.82, 2.24) is 10.6 Å². The summed E-state index contributed by atoms with van der Waals surface area (Å²) in [6.07, 6.45) is 2.59. The van der Waals surface area contributed by atoms with Crippen LogP contribution in [0.3, 0.4) is 0 Å². The Bertz CT molecular complexity index is 939. The molecule has 0 aliphatic carbocycles. The Morgan fingerprint density at radius 1 is 0.714 bits per heavy atom. The highest BCUT2D eigenvalue weighted by atomic mass is 16.6. The molecule has 2 rings (SSSR count). The third-order valence-electron chi connectivity index (χ3n) is 4.58. The number of benzene rings is 2. The molecule has 0 aliphatic heterocycles. The number of carbonyl (C=O) groups excluding carboxylic acids is 4. The van der Waals surface area contributed by atoms with Crippen LogP contribution in [-0.4, -0.2) is 36.6 Å². The summed E-state index contributed by atoms with van der Waals surface area (Å²) in [4.78, 5) is 43.9. The molecular weight excluding hydrogens is 536 g/mol. The van der Waals surface area contributed by atoms with E-state index in [9.17, 15) is 19.2 Å². The van der Waals surface area contributed by atoms with Crippen LogP contribution in [0.4, 0.5) is 9.59 Å². The summed E-state index contributed by atoms with van der Waals surface area (Å²) in [6.45, 7) is 16.3. The Hall–Kier alpha value is -4.08. The van der Waals surface area contributed by atoms with Crippen molar-refractivity contribution in [3.8, 4) is 0 Å². The summed E-state index contributed by atoms with van der Waals surface area (Å²) in [5.41, 5.74) is 11.8. The van der Waals surface area contributed by atoms with Gasteiger partial charge in [-0.3, -0.25) is 9.59 Å². The fourth-order valence-corrected chi connectivity index (χ4v) is 2.39. The van der Waals surface area contributed by atoms with E-state index in [1.165, 1.54) is 19.3 Å². The van der Waals surface area contributed by atoms with Crippen LogP contribution in [0.1, 0.15) is 85.8 Å². The van der Waals surface area contributed by atoms with E-state index >= 15 is 0 Å². The number of rotatable bonds is 10. The molecule has 4 amide bonds. The molecule has 0 fully saturated rings. The van der Waals surface area contributed by atoms with Gasteiger partial charge in [0.15, 0.2) is 0 Å². The van der Waals surface area contributed by atoms with Crippen LogP contribution in [0.15, 0.2) is 60.7 Å². The normalized spacial score (nSPS) is 9.74. The third kappa shape index (κ3) is 27.5. The molecule has 0 saturated heterocycles. The van der Waals surface area contributed by atoms with E-state index in [4.69, 9.17) is 20.9 Å². The number of hydrogen-bond donors (Lipinski definition) is 4. The van der Waals surface area contributed by atoms with E-state index in [1.807, 2.05) is 74.5 Å². The van der Waals surface area contributed by atoms with E-state index in [2.05, 4.69) is 38.3 Å². The predicted octanol–water partition coefficient (Wildman–Crippen LogP) is 6.07. The molecule has 0 bridgehead atoms. The molecule has 0 radical (unpaired) electrons. The van der Waals surface area contributed by atoms with E-state index in [0.717, 1.165) is 11.1 Å². The maximum absolute atomic E-state index is 11.5. The molecule has 6 N–H and O–H groups in total. The zero-order valence-corrected chi connectivity index (χ0v) is 26.8. The average molecular weight is 591 g/mol. The van der Waals surface area contributed by atoms with Crippen LogP contribution in [0, 0.1) is 5.92 Å². The maximum Gasteiger partial charge on any atom is 0.408 e. The minimum atomic E-state index is -0.715. The molecule has 1 unspecified atom stereocenters. The first-order valence-corrected chi connectivity index (χ1v) is 14.5. The highest BCUT2D eigenvalue weighted by Gasteiger charge is 2.22. The first kappa shape index (κ1) is 42.4. The van der Waals surface area contributed by atoms with Crippen molar-refractivity contribution >= 4 is 24.0 Å². The second kappa shape index (κ2) is 29.9. The van der Waals surface area contributed by atoms with Gasteiger partial charge in [-0.2, -0.15) is 0 Å². The van der Waals surface area contributed by atoms with E-state index in [0.29, 0.717) is 0 Å². The monoisotopic (exact) mass is 590 g/mol. The first-order valence-electron chi connectivity index (χ1n) is 14.5. The molecule has 0 saturated carbocycles. The number of primary amides is 2. The average Bonchev–Trinajstić information content (AvgIpc) is 2.99. The molecule has 2 aromatic carbocycles. The summed E-state index contributed by atoms with van der Waals surface area (Å²) in [6, 6.07) is 17.8. The fraction of sp³-hybridized carbons (Fsp3) is 0.500. The molecule has 0 heterocycles. The molecule has 238 valence electrons. The van der Waals surface area contributed by atoms with Gasteiger partial charge in [0.05, 0.1) is 6.54 Å². The molecule has 2 aromatic rings. The van der Waals surface area contributed by atoms with Gasteiger partial charge >= 0.3 is 12.2 Å². The highest BCUT2D eigenvalue weighted by molar-refractivity contribution is 5.84. The van der Waals surface area contributed by atoms with Gasteiger partial charge in [-0.1, -0.05) is 135 Å². The maximum atomic E-state index is 11.5. The van der Waals surface area contributed by atoms with Crippen molar-refractivity contribution in [3.05, 3.63) is 71.8 Å². The number of alkyl carbamates (subject to hydrolysis) is 2. The SMILES string of the molecule is CC.CC(C)C(NC(=O)OCc1ccccc1)C(N)=O.CCC.CCCC.NC(=O)CNC(=O)OCc1ccccc1. The fourth-order valence-electron chi connectivity index (χ4n) is 2.39. The summed E-state index contributed by atoms with van der Waals surface area (Å²) < 4.78 is 9.82. The van der Waals surface area contributed by atoms with Crippen molar-refractivity contribution in [2.45, 2.75) is 93.9 Å². The lowest BCUT2D eigenvalue weighted by atomic mass is 10.0. The van der Waals surface area contributed by atoms with Gasteiger partial charge in [-0.25, -0.2) is 9.59 Å². The van der Waals surface area contributed by atoms with Crippen molar-refractivity contribution in [1.29, 1.82) is 0 Å². The Balaban J connectivity index is -0.000000570. The van der Waals surface area contributed by atoms with Crippen LogP contribution in [-0.2, 0) is 32.3 Å². The lowest BCUT2D eigenvalue weighted by Gasteiger charge is -2.18. The summed E-state index contributed by atoms with van der Waals surface area (Å²) in [5, 5.41) is 4.67. The standard InChI is InChI=1S/C13H18N2O3.C10H12N2O3.C4H10.C3H8.C2H6/c1-9(2)11(12(14)16)15-13(17)18-8-10-6-4-3-5-7-10;11-9(13)6-12-10(14)15-7-8-4-2-1-3-5-8;1-3-4-2;1-3-2;1-2/h3-7,9,11H,8H2,1-2H3,(H2,14,16)(H,15,17);1-5H,6-7H2,(H2,11,13)(H,12,14);3-4H2,1-2H3;3H2,1-2H3;1-2H3. The smallest absolute Gasteiger partial charge is 0.408 e. The molecule has 1 atom stereocenters.